The minimum absolute atomic E-state index is 0.00432. The lowest BCUT2D eigenvalue weighted by Crippen LogP contribution is -2.04. The van der Waals surface area contributed by atoms with Crippen LogP contribution >= 0.6 is 23.2 Å². The first-order valence-electron chi connectivity index (χ1n) is 5.46. The Bertz CT molecular complexity index is 596. The lowest BCUT2D eigenvalue weighted by Gasteiger charge is -2.05. The Labute approximate surface area is 116 Å². The van der Waals surface area contributed by atoms with Gasteiger partial charge in [0, 0.05) is 23.9 Å². The molecular weight excluding hydrogens is 269 g/mol. The maximum atomic E-state index is 12.1. The lowest BCUT2D eigenvalue weighted by atomic mass is 10.0. The van der Waals surface area contributed by atoms with Crippen molar-refractivity contribution in [2.45, 2.75) is 13.3 Å². The zero-order valence-corrected chi connectivity index (χ0v) is 11.3. The number of Topliss-reactive ketones (excluding diaryl/α,β-unsaturated/α-hetero) is 1. The summed E-state index contributed by atoms with van der Waals surface area (Å²) in [4.78, 5) is 16.2. The van der Waals surface area contributed by atoms with E-state index in [0.717, 1.165) is 11.3 Å². The quantitative estimate of drug-likeness (QED) is 0.791. The summed E-state index contributed by atoms with van der Waals surface area (Å²) in [5, 5.41) is 0.908. The van der Waals surface area contributed by atoms with Crippen LogP contribution < -0.4 is 0 Å². The Kier molecular flexibility index (Phi) is 4.00. The molecule has 0 bridgehead atoms. The van der Waals surface area contributed by atoms with E-state index in [1.54, 1.807) is 36.5 Å². The van der Waals surface area contributed by atoms with E-state index in [0.29, 0.717) is 15.6 Å². The predicted octanol–water partition coefficient (Wildman–Crippen LogP) is 4.12. The Morgan fingerprint density at radius 2 is 2.06 bits per heavy atom. The molecule has 2 nitrogen and oxygen atoms in total. The van der Waals surface area contributed by atoms with Crippen molar-refractivity contribution in [2.75, 3.05) is 0 Å². The maximum absolute atomic E-state index is 12.1. The molecule has 0 aliphatic heterocycles. The second kappa shape index (κ2) is 5.51. The second-order valence-corrected chi connectivity index (χ2v) is 4.78. The number of hydrogen-bond donors (Lipinski definition) is 0. The number of benzene rings is 1. The van der Waals surface area contributed by atoms with Gasteiger partial charge in [-0.05, 0) is 30.7 Å². The molecule has 0 saturated heterocycles. The minimum Gasteiger partial charge on any atom is -0.294 e. The highest BCUT2D eigenvalue weighted by atomic mass is 35.5. The number of carbonyl (C=O) groups is 1. The van der Waals surface area contributed by atoms with Crippen LogP contribution in [0.4, 0.5) is 0 Å². The van der Waals surface area contributed by atoms with Crippen LogP contribution in [0, 0.1) is 6.92 Å². The smallest absolute Gasteiger partial charge is 0.167 e. The third-order valence-corrected chi connectivity index (χ3v) is 3.46. The molecule has 0 unspecified atom stereocenters. The molecule has 4 heteroatoms. The molecule has 2 rings (SSSR count). The standard InChI is InChI=1S/C14H11Cl2NO/c1-9-7-10(5-6-17-9)13(18)8-11-3-2-4-12(15)14(11)16/h2-7H,8H2,1H3. The average Bonchev–Trinajstić information content (AvgIpc) is 2.35. The molecule has 0 atom stereocenters. The van der Waals surface area contributed by atoms with Gasteiger partial charge in [-0.25, -0.2) is 0 Å². The van der Waals surface area contributed by atoms with Crippen LogP contribution in [0.5, 0.6) is 0 Å². The fourth-order valence-corrected chi connectivity index (χ4v) is 2.07. The molecular formula is C14H11Cl2NO. The monoisotopic (exact) mass is 279 g/mol. The lowest BCUT2D eigenvalue weighted by molar-refractivity contribution is 0.0993. The summed E-state index contributed by atoms with van der Waals surface area (Å²) in [5.74, 6) is 0.00432. The summed E-state index contributed by atoms with van der Waals surface area (Å²) in [6.07, 6.45) is 1.87. The van der Waals surface area contributed by atoms with E-state index in [1.165, 1.54) is 0 Å². The molecule has 0 aliphatic carbocycles. The van der Waals surface area contributed by atoms with Gasteiger partial charge < -0.3 is 0 Å². The van der Waals surface area contributed by atoms with Gasteiger partial charge in [-0.3, -0.25) is 9.78 Å². The largest absolute Gasteiger partial charge is 0.294 e. The molecule has 0 amide bonds. The summed E-state index contributed by atoms with van der Waals surface area (Å²) in [7, 11) is 0. The molecule has 0 spiro atoms. The van der Waals surface area contributed by atoms with Crippen LogP contribution in [0.2, 0.25) is 10.0 Å². The van der Waals surface area contributed by atoms with E-state index in [-0.39, 0.29) is 12.2 Å². The van der Waals surface area contributed by atoms with Crippen molar-refractivity contribution in [3.8, 4) is 0 Å². The van der Waals surface area contributed by atoms with Gasteiger partial charge in [0.05, 0.1) is 10.0 Å². The Balaban J connectivity index is 2.24. The highest BCUT2D eigenvalue weighted by molar-refractivity contribution is 6.42. The van der Waals surface area contributed by atoms with E-state index < -0.39 is 0 Å². The van der Waals surface area contributed by atoms with Crippen molar-refractivity contribution >= 4 is 29.0 Å². The number of aromatic nitrogens is 1. The average molecular weight is 280 g/mol. The van der Waals surface area contributed by atoms with Gasteiger partial charge >= 0.3 is 0 Å². The number of ketones is 1. The van der Waals surface area contributed by atoms with Gasteiger partial charge in [0.25, 0.3) is 0 Å². The van der Waals surface area contributed by atoms with Crippen LogP contribution in [0.25, 0.3) is 0 Å². The first-order chi connectivity index (χ1) is 8.58. The van der Waals surface area contributed by atoms with Crippen molar-refractivity contribution in [1.82, 2.24) is 4.98 Å². The molecule has 0 N–H and O–H groups in total. The molecule has 92 valence electrons. The Morgan fingerprint density at radius 3 is 2.78 bits per heavy atom. The number of halogens is 2. The number of pyridine rings is 1. The second-order valence-electron chi connectivity index (χ2n) is 4.00. The van der Waals surface area contributed by atoms with Gasteiger partial charge in [0.2, 0.25) is 0 Å². The maximum Gasteiger partial charge on any atom is 0.167 e. The minimum atomic E-state index is 0.00432. The van der Waals surface area contributed by atoms with Crippen molar-refractivity contribution in [3.05, 3.63) is 63.4 Å². The number of nitrogens with zero attached hydrogens (tertiary/aromatic N) is 1. The molecule has 1 heterocycles. The SMILES string of the molecule is Cc1cc(C(=O)Cc2cccc(Cl)c2Cl)ccn1. The highest BCUT2D eigenvalue weighted by Crippen LogP contribution is 2.26. The van der Waals surface area contributed by atoms with Crippen LogP contribution in [0.15, 0.2) is 36.5 Å². The number of hydrogen-bond acceptors (Lipinski definition) is 2. The molecule has 1 aromatic carbocycles. The van der Waals surface area contributed by atoms with Gasteiger partial charge in [-0.2, -0.15) is 0 Å². The molecule has 0 fully saturated rings. The predicted molar refractivity (Wildman–Crippen MR) is 73.5 cm³/mol. The van der Waals surface area contributed by atoms with E-state index in [4.69, 9.17) is 23.2 Å². The summed E-state index contributed by atoms with van der Waals surface area (Å²) in [6, 6.07) is 8.76. The Hall–Kier alpha value is -1.38. The zero-order valence-electron chi connectivity index (χ0n) is 9.78. The third-order valence-electron chi connectivity index (χ3n) is 2.60. The Morgan fingerprint density at radius 1 is 1.28 bits per heavy atom. The van der Waals surface area contributed by atoms with Crippen LogP contribution in [-0.4, -0.2) is 10.8 Å². The van der Waals surface area contributed by atoms with E-state index in [2.05, 4.69) is 4.98 Å². The fourth-order valence-electron chi connectivity index (χ4n) is 1.68. The number of carbonyl (C=O) groups excluding carboxylic acids is 1. The summed E-state index contributed by atoms with van der Waals surface area (Å²) >= 11 is 12.0. The van der Waals surface area contributed by atoms with Crippen molar-refractivity contribution in [2.24, 2.45) is 0 Å². The molecule has 18 heavy (non-hydrogen) atoms. The molecule has 2 aromatic rings. The summed E-state index contributed by atoms with van der Waals surface area (Å²) in [5.41, 5.74) is 2.19. The van der Waals surface area contributed by atoms with Crippen molar-refractivity contribution < 1.29 is 4.79 Å². The summed E-state index contributed by atoms with van der Waals surface area (Å²) < 4.78 is 0. The normalized spacial score (nSPS) is 10.4. The molecule has 0 aliphatic rings. The number of aryl methyl sites for hydroxylation is 1. The van der Waals surface area contributed by atoms with Crippen molar-refractivity contribution in [3.63, 3.8) is 0 Å². The van der Waals surface area contributed by atoms with Crippen LogP contribution in [0.1, 0.15) is 21.6 Å². The van der Waals surface area contributed by atoms with E-state index >= 15 is 0 Å². The fraction of sp³-hybridized carbons (Fsp3) is 0.143. The third kappa shape index (κ3) is 2.89. The summed E-state index contributed by atoms with van der Waals surface area (Å²) in [6.45, 7) is 1.85. The topological polar surface area (TPSA) is 30.0 Å². The van der Waals surface area contributed by atoms with Gasteiger partial charge in [-0.1, -0.05) is 35.3 Å². The molecule has 0 radical (unpaired) electrons. The van der Waals surface area contributed by atoms with E-state index in [9.17, 15) is 4.79 Å². The van der Waals surface area contributed by atoms with Crippen LogP contribution in [-0.2, 0) is 6.42 Å². The van der Waals surface area contributed by atoms with E-state index in [1.807, 2.05) is 6.92 Å². The highest BCUT2D eigenvalue weighted by Gasteiger charge is 2.11. The van der Waals surface area contributed by atoms with Crippen molar-refractivity contribution in [1.29, 1.82) is 0 Å². The van der Waals surface area contributed by atoms with Gasteiger partial charge in [0.1, 0.15) is 0 Å². The van der Waals surface area contributed by atoms with Gasteiger partial charge in [-0.15, -0.1) is 0 Å². The van der Waals surface area contributed by atoms with Crippen LogP contribution in [0.3, 0.4) is 0 Å². The zero-order chi connectivity index (χ0) is 13.1. The molecule has 1 aromatic heterocycles. The first kappa shape index (κ1) is 13.1. The number of rotatable bonds is 3. The van der Waals surface area contributed by atoms with Gasteiger partial charge in [0.15, 0.2) is 5.78 Å². The molecule has 0 saturated carbocycles. The first-order valence-corrected chi connectivity index (χ1v) is 6.22.